The summed E-state index contributed by atoms with van der Waals surface area (Å²) in [4.78, 5) is 18.8. The average molecular weight is 411 g/mol. The number of hydrogen-bond donors (Lipinski definition) is 2. The van der Waals surface area contributed by atoms with E-state index in [9.17, 15) is 4.79 Å². The summed E-state index contributed by atoms with van der Waals surface area (Å²) in [7, 11) is 4.95. The summed E-state index contributed by atoms with van der Waals surface area (Å²) in [6.45, 7) is 5.05. The van der Waals surface area contributed by atoms with Crippen LogP contribution in [0.15, 0.2) is 41.4 Å². The molecule has 1 amide bonds. The van der Waals surface area contributed by atoms with Crippen molar-refractivity contribution in [2.45, 2.75) is 26.4 Å². The molecule has 3 rings (SSSR count). The van der Waals surface area contributed by atoms with Crippen molar-refractivity contribution in [1.29, 1.82) is 0 Å². The number of carbonyl (C=O) groups excluding carboxylic acids is 1. The summed E-state index contributed by atoms with van der Waals surface area (Å²) >= 11 is 0. The van der Waals surface area contributed by atoms with Gasteiger partial charge in [-0.25, -0.2) is 4.99 Å². The Morgan fingerprint density at radius 3 is 2.37 bits per heavy atom. The van der Waals surface area contributed by atoms with Crippen molar-refractivity contribution in [3.8, 4) is 11.5 Å². The van der Waals surface area contributed by atoms with Crippen LogP contribution in [0.2, 0.25) is 0 Å². The van der Waals surface area contributed by atoms with Gasteiger partial charge in [-0.2, -0.15) is 0 Å². The summed E-state index contributed by atoms with van der Waals surface area (Å²) in [6.07, 6.45) is 0.918. The normalized spacial score (nSPS) is 13.5. The van der Waals surface area contributed by atoms with Gasteiger partial charge in [-0.1, -0.05) is 12.1 Å². The predicted molar refractivity (Wildman–Crippen MR) is 118 cm³/mol. The molecule has 0 fully saturated rings. The molecule has 1 heterocycles. The molecule has 0 spiro atoms. The molecule has 30 heavy (non-hydrogen) atoms. The van der Waals surface area contributed by atoms with E-state index in [1.807, 2.05) is 24.3 Å². The molecule has 7 heteroatoms. The number of carbonyl (C=O) groups is 1. The monoisotopic (exact) mass is 410 g/mol. The van der Waals surface area contributed by atoms with E-state index in [0.29, 0.717) is 12.1 Å². The maximum absolute atomic E-state index is 11.7. The van der Waals surface area contributed by atoms with Crippen molar-refractivity contribution in [3.05, 3.63) is 58.7 Å². The van der Waals surface area contributed by atoms with E-state index in [0.717, 1.165) is 49.1 Å². The Labute approximate surface area is 178 Å². The molecule has 0 saturated carbocycles. The van der Waals surface area contributed by atoms with Crippen molar-refractivity contribution in [1.82, 2.24) is 15.5 Å². The molecule has 0 unspecified atom stereocenters. The first kappa shape index (κ1) is 21.5. The minimum absolute atomic E-state index is 0.0857. The zero-order valence-electron chi connectivity index (χ0n) is 18.1. The number of aliphatic imine (C=N–C) groups is 1. The number of rotatable bonds is 6. The van der Waals surface area contributed by atoms with Crippen molar-refractivity contribution in [2.24, 2.45) is 4.99 Å². The number of guanidine groups is 1. The van der Waals surface area contributed by atoms with Crippen LogP contribution in [0, 0.1) is 0 Å². The van der Waals surface area contributed by atoms with Gasteiger partial charge in [-0.05, 0) is 54.3 Å². The molecule has 0 radical (unpaired) electrons. The van der Waals surface area contributed by atoms with E-state index in [4.69, 9.17) is 14.5 Å². The zero-order chi connectivity index (χ0) is 21.5. The Balaban J connectivity index is 1.75. The number of ether oxygens (including phenoxy) is 2. The third-order valence-electron chi connectivity index (χ3n) is 5.21. The van der Waals surface area contributed by atoms with Crippen molar-refractivity contribution in [2.75, 3.05) is 34.4 Å². The Morgan fingerprint density at radius 1 is 1.10 bits per heavy atom. The minimum atomic E-state index is -0.0857. The number of hydrogen-bond acceptors (Lipinski definition) is 4. The lowest BCUT2D eigenvalue weighted by molar-refractivity contribution is 0.0963. The Hall–Kier alpha value is -3.22. The highest BCUT2D eigenvalue weighted by Crippen LogP contribution is 2.33. The van der Waals surface area contributed by atoms with Gasteiger partial charge in [-0.3, -0.25) is 4.79 Å². The summed E-state index contributed by atoms with van der Waals surface area (Å²) in [6, 6.07) is 11.7. The largest absolute Gasteiger partial charge is 0.493 e. The van der Waals surface area contributed by atoms with Gasteiger partial charge in [0, 0.05) is 32.2 Å². The first-order valence-electron chi connectivity index (χ1n) is 10.2. The minimum Gasteiger partial charge on any atom is -0.493 e. The molecule has 0 bridgehead atoms. The summed E-state index contributed by atoms with van der Waals surface area (Å²) < 4.78 is 10.9. The summed E-state index contributed by atoms with van der Waals surface area (Å²) in [5, 5.41) is 6.03. The van der Waals surface area contributed by atoms with E-state index < -0.39 is 0 Å². The van der Waals surface area contributed by atoms with Crippen molar-refractivity contribution >= 4 is 11.9 Å². The molecule has 1 aliphatic heterocycles. The lowest BCUT2D eigenvalue weighted by Gasteiger charge is -2.32. The molecule has 2 aromatic rings. The molecule has 0 saturated heterocycles. The first-order valence-corrected chi connectivity index (χ1v) is 10.2. The second kappa shape index (κ2) is 10.0. The van der Waals surface area contributed by atoms with E-state index in [1.165, 1.54) is 11.1 Å². The second-order valence-electron chi connectivity index (χ2n) is 7.09. The molecule has 160 valence electrons. The predicted octanol–water partition coefficient (Wildman–Crippen LogP) is 2.59. The molecule has 0 aromatic heterocycles. The molecular formula is C23H30N4O3. The van der Waals surface area contributed by atoms with Gasteiger partial charge in [0.2, 0.25) is 0 Å². The lowest BCUT2D eigenvalue weighted by atomic mass is 9.99. The van der Waals surface area contributed by atoms with E-state index >= 15 is 0 Å². The molecule has 2 aromatic carbocycles. The first-order chi connectivity index (χ1) is 14.6. The van der Waals surface area contributed by atoms with Crippen LogP contribution < -0.4 is 20.1 Å². The fraction of sp³-hybridized carbons (Fsp3) is 0.391. The van der Waals surface area contributed by atoms with Crippen LogP contribution in [0.3, 0.4) is 0 Å². The van der Waals surface area contributed by atoms with Crippen molar-refractivity contribution < 1.29 is 14.3 Å². The number of nitrogens with one attached hydrogen (secondary N) is 2. The summed E-state index contributed by atoms with van der Waals surface area (Å²) in [5.41, 5.74) is 4.21. The highest BCUT2D eigenvalue weighted by Gasteiger charge is 2.21. The molecule has 0 atom stereocenters. The fourth-order valence-electron chi connectivity index (χ4n) is 3.56. The van der Waals surface area contributed by atoms with E-state index in [-0.39, 0.29) is 5.91 Å². The molecular weight excluding hydrogens is 380 g/mol. The second-order valence-corrected chi connectivity index (χ2v) is 7.09. The van der Waals surface area contributed by atoms with E-state index in [1.54, 1.807) is 21.3 Å². The lowest BCUT2D eigenvalue weighted by Crippen LogP contribution is -2.44. The van der Waals surface area contributed by atoms with Gasteiger partial charge in [0.15, 0.2) is 17.5 Å². The van der Waals surface area contributed by atoms with Crippen LogP contribution in [-0.2, 0) is 19.5 Å². The van der Waals surface area contributed by atoms with E-state index in [2.05, 4.69) is 34.6 Å². The fourth-order valence-corrected chi connectivity index (χ4v) is 3.56. The Morgan fingerprint density at radius 2 is 1.77 bits per heavy atom. The molecule has 1 aliphatic rings. The topological polar surface area (TPSA) is 75.2 Å². The maximum Gasteiger partial charge on any atom is 0.251 e. The number of benzene rings is 2. The SMILES string of the molecule is CCNC(=NCc1ccc(C(=O)NC)cc1)N1CCc2cc(OC)c(OC)cc2C1. The Kier molecular flexibility index (Phi) is 7.17. The smallest absolute Gasteiger partial charge is 0.251 e. The maximum atomic E-state index is 11.7. The number of nitrogens with zero attached hydrogens (tertiary/aromatic N) is 2. The average Bonchev–Trinajstić information content (AvgIpc) is 2.80. The Bertz CT molecular complexity index is 909. The van der Waals surface area contributed by atoms with Gasteiger partial charge in [0.25, 0.3) is 5.91 Å². The molecule has 0 aliphatic carbocycles. The highest BCUT2D eigenvalue weighted by atomic mass is 16.5. The standard InChI is InChI=1S/C23H30N4O3/c1-5-25-23(26-14-16-6-8-17(9-7-16)22(28)24-2)27-11-10-18-12-20(29-3)21(30-4)13-19(18)15-27/h6-9,12-13H,5,10-11,14-15H2,1-4H3,(H,24,28)(H,25,26). The third-order valence-corrected chi connectivity index (χ3v) is 5.21. The van der Waals surface area contributed by atoms with Gasteiger partial charge in [-0.15, -0.1) is 0 Å². The number of methoxy groups -OCH3 is 2. The van der Waals surface area contributed by atoms with Crippen molar-refractivity contribution in [3.63, 3.8) is 0 Å². The zero-order valence-corrected chi connectivity index (χ0v) is 18.1. The van der Waals surface area contributed by atoms with Crippen LogP contribution in [0.25, 0.3) is 0 Å². The molecule has 7 nitrogen and oxygen atoms in total. The van der Waals surface area contributed by atoms with Gasteiger partial charge >= 0.3 is 0 Å². The quantitative estimate of drug-likeness (QED) is 0.566. The van der Waals surface area contributed by atoms with Crippen LogP contribution in [0.1, 0.15) is 34.0 Å². The summed E-state index contributed by atoms with van der Waals surface area (Å²) in [5.74, 6) is 2.31. The number of fused-ring (bicyclic) bond motifs is 1. The van der Waals surface area contributed by atoms with Crippen LogP contribution in [0.5, 0.6) is 11.5 Å². The third kappa shape index (κ3) is 4.84. The van der Waals surface area contributed by atoms with Gasteiger partial charge in [0.1, 0.15) is 0 Å². The highest BCUT2D eigenvalue weighted by molar-refractivity contribution is 5.93. The van der Waals surface area contributed by atoms with Crippen LogP contribution in [-0.4, -0.2) is 51.1 Å². The molecule has 2 N–H and O–H groups in total. The van der Waals surface area contributed by atoms with Gasteiger partial charge in [0.05, 0.1) is 20.8 Å². The van der Waals surface area contributed by atoms with Crippen LogP contribution >= 0.6 is 0 Å². The number of amides is 1. The van der Waals surface area contributed by atoms with Gasteiger partial charge < -0.3 is 25.0 Å². The van der Waals surface area contributed by atoms with Crippen LogP contribution in [0.4, 0.5) is 0 Å².